The summed E-state index contributed by atoms with van der Waals surface area (Å²) in [6.45, 7) is 11.0. The van der Waals surface area contributed by atoms with Crippen LogP contribution in [0.25, 0.3) is 0 Å². The number of halogens is 4. The Morgan fingerprint density at radius 2 is 1.71 bits per heavy atom. The first-order chi connectivity index (χ1) is 22.5. The molecule has 16 heteroatoms. The number of carbonyl (C=O) groups is 2. The van der Waals surface area contributed by atoms with Crippen LogP contribution in [0.2, 0.25) is 0 Å². The van der Waals surface area contributed by atoms with Gasteiger partial charge in [0.2, 0.25) is 11.8 Å². The summed E-state index contributed by atoms with van der Waals surface area (Å²) >= 11 is 0. The third-order valence-electron chi connectivity index (χ3n) is 8.45. The number of piperidine rings is 1. The normalized spacial score (nSPS) is 19.0. The Morgan fingerprint density at radius 3 is 2.29 bits per heavy atom. The number of aromatic nitrogens is 4. The molecule has 2 atom stereocenters. The third-order valence-corrected chi connectivity index (χ3v) is 8.45. The lowest BCUT2D eigenvalue weighted by atomic mass is 9.92. The number of alkyl carbamates (subject to hydrolysis) is 1. The van der Waals surface area contributed by atoms with Crippen molar-refractivity contribution in [1.82, 2.24) is 30.3 Å². The van der Waals surface area contributed by atoms with E-state index in [9.17, 15) is 22.8 Å². The van der Waals surface area contributed by atoms with E-state index >= 15 is 4.39 Å². The monoisotopic (exact) mass is 676 g/mol. The number of ether oxygens (including phenoxy) is 1. The van der Waals surface area contributed by atoms with Gasteiger partial charge >= 0.3 is 18.0 Å². The summed E-state index contributed by atoms with van der Waals surface area (Å²) in [7, 11) is 0. The van der Waals surface area contributed by atoms with Gasteiger partial charge in [-0.3, -0.25) is 4.79 Å². The highest BCUT2D eigenvalue weighted by atomic mass is 19.3. The van der Waals surface area contributed by atoms with Gasteiger partial charge in [0.15, 0.2) is 0 Å². The highest BCUT2D eigenvalue weighted by Gasteiger charge is 2.39. The summed E-state index contributed by atoms with van der Waals surface area (Å²) in [6.07, 6.45) is 3.30. The van der Waals surface area contributed by atoms with Crippen LogP contribution < -0.4 is 15.1 Å². The predicted octanol–water partition coefficient (Wildman–Crippen LogP) is 5.19. The van der Waals surface area contributed by atoms with Crippen LogP contribution >= 0.6 is 0 Å². The standard InChI is InChI=1S/C32H40F4N8O4/c1-7-44(20-8-10-42(11-9-20)29-40-27(41-48-29)32(6,35)36)26(45)19-14-37-28(38-15-19)43-16-22(21-12-18(2)23(33)13-24(21)34)25(17-43)39-30(46)47-31(3,4)5/h12-15,20,22,25H,7-11,16-17H2,1-6H3,(H,39,46). The number of anilines is 2. The molecule has 2 fully saturated rings. The Morgan fingerprint density at radius 1 is 1.04 bits per heavy atom. The molecule has 12 nitrogen and oxygen atoms in total. The van der Waals surface area contributed by atoms with Crippen molar-refractivity contribution in [3.8, 4) is 0 Å². The number of alkyl halides is 2. The topological polar surface area (TPSA) is 130 Å². The summed E-state index contributed by atoms with van der Waals surface area (Å²) in [4.78, 5) is 44.2. The highest BCUT2D eigenvalue weighted by Crippen LogP contribution is 2.33. The van der Waals surface area contributed by atoms with Crippen LogP contribution in [0.4, 0.5) is 34.3 Å². The molecule has 4 heterocycles. The number of carbonyl (C=O) groups excluding carboxylic acids is 2. The molecule has 0 radical (unpaired) electrons. The summed E-state index contributed by atoms with van der Waals surface area (Å²) in [5.41, 5.74) is 0.0412. The number of hydrogen-bond donors (Lipinski definition) is 1. The van der Waals surface area contributed by atoms with Gasteiger partial charge in [0, 0.05) is 70.1 Å². The molecule has 0 spiro atoms. The molecule has 2 saturated heterocycles. The van der Waals surface area contributed by atoms with Gasteiger partial charge in [0.25, 0.3) is 5.91 Å². The number of aryl methyl sites for hydroxylation is 1. The van der Waals surface area contributed by atoms with E-state index in [1.807, 2.05) is 6.92 Å². The van der Waals surface area contributed by atoms with Crippen LogP contribution in [0.1, 0.15) is 80.7 Å². The number of hydrogen-bond acceptors (Lipinski definition) is 10. The van der Waals surface area contributed by atoms with Crippen LogP contribution in [-0.2, 0) is 10.7 Å². The zero-order valence-corrected chi connectivity index (χ0v) is 27.8. The van der Waals surface area contributed by atoms with E-state index in [-0.39, 0.29) is 53.7 Å². The van der Waals surface area contributed by atoms with Crippen molar-refractivity contribution in [1.29, 1.82) is 0 Å². The van der Waals surface area contributed by atoms with E-state index in [1.165, 1.54) is 18.5 Å². The van der Waals surface area contributed by atoms with E-state index in [0.29, 0.717) is 39.4 Å². The molecule has 2 aliphatic rings. The van der Waals surface area contributed by atoms with Gasteiger partial charge in [-0.1, -0.05) is 5.16 Å². The quantitative estimate of drug-likeness (QED) is 0.319. The molecule has 260 valence electrons. The van der Waals surface area contributed by atoms with Crippen LogP contribution in [0, 0.1) is 18.6 Å². The van der Waals surface area contributed by atoms with Gasteiger partial charge in [-0.15, -0.1) is 0 Å². The largest absolute Gasteiger partial charge is 0.444 e. The molecule has 2 aromatic heterocycles. The predicted molar refractivity (Wildman–Crippen MR) is 167 cm³/mol. The zero-order valence-electron chi connectivity index (χ0n) is 27.8. The Balaban J connectivity index is 1.27. The van der Waals surface area contributed by atoms with Crippen LogP contribution in [0.15, 0.2) is 29.0 Å². The molecule has 3 aromatic rings. The average Bonchev–Trinajstić information content (AvgIpc) is 3.67. The van der Waals surface area contributed by atoms with Crippen LogP contribution in [-0.4, -0.2) is 87.4 Å². The molecule has 0 bridgehead atoms. The summed E-state index contributed by atoms with van der Waals surface area (Å²) in [6, 6.07) is 1.57. The first-order valence-electron chi connectivity index (χ1n) is 15.8. The molecule has 1 aromatic carbocycles. The van der Waals surface area contributed by atoms with E-state index in [4.69, 9.17) is 9.26 Å². The average molecular weight is 677 g/mol. The van der Waals surface area contributed by atoms with Gasteiger partial charge in [0.05, 0.1) is 11.6 Å². The zero-order chi connectivity index (χ0) is 35.0. The number of benzene rings is 1. The molecular weight excluding hydrogens is 636 g/mol. The molecule has 2 amide bonds. The second kappa shape index (κ2) is 13.5. The van der Waals surface area contributed by atoms with Gasteiger partial charge < -0.3 is 29.3 Å². The second-order valence-electron chi connectivity index (χ2n) is 13.3. The maximum atomic E-state index is 15.0. The van der Waals surface area contributed by atoms with E-state index in [2.05, 4.69) is 25.4 Å². The fourth-order valence-electron chi connectivity index (χ4n) is 6.07. The fourth-order valence-corrected chi connectivity index (χ4v) is 6.07. The van der Waals surface area contributed by atoms with Crippen molar-refractivity contribution in [3.63, 3.8) is 0 Å². The Hall–Kier alpha value is -4.50. The maximum absolute atomic E-state index is 15.0. The molecule has 2 unspecified atom stereocenters. The minimum Gasteiger partial charge on any atom is -0.444 e. The Labute approximate surface area is 275 Å². The lowest BCUT2D eigenvalue weighted by Crippen LogP contribution is -2.47. The minimum atomic E-state index is -3.21. The first-order valence-corrected chi connectivity index (χ1v) is 15.8. The summed E-state index contributed by atoms with van der Waals surface area (Å²) < 4.78 is 66.7. The molecule has 5 rings (SSSR count). The third kappa shape index (κ3) is 7.79. The first kappa shape index (κ1) is 34.8. The van der Waals surface area contributed by atoms with E-state index in [0.717, 1.165) is 6.07 Å². The molecule has 2 aliphatic heterocycles. The SMILES string of the molecule is CCN(C(=O)c1cnc(N2CC(NC(=O)OC(C)(C)C)C(c3cc(C)c(F)cc3F)C2)nc1)C1CCN(c2nc(C(C)(F)F)no2)CC1. The number of nitrogens with one attached hydrogen (secondary N) is 1. The van der Waals surface area contributed by atoms with Gasteiger partial charge in [-0.2, -0.15) is 13.8 Å². The molecule has 48 heavy (non-hydrogen) atoms. The summed E-state index contributed by atoms with van der Waals surface area (Å²) in [5.74, 6) is -5.83. The van der Waals surface area contributed by atoms with Crippen molar-refractivity contribution in [2.24, 2.45) is 0 Å². The van der Waals surface area contributed by atoms with E-state index in [1.54, 1.807) is 42.4 Å². The smallest absolute Gasteiger partial charge is 0.407 e. The Bertz CT molecular complexity index is 1620. The second-order valence-corrected chi connectivity index (χ2v) is 13.3. The number of nitrogens with zero attached hydrogens (tertiary/aromatic N) is 7. The number of rotatable bonds is 8. The number of amides is 2. The molecule has 1 N–H and O–H groups in total. The van der Waals surface area contributed by atoms with Gasteiger partial charge in [0.1, 0.15) is 17.2 Å². The van der Waals surface area contributed by atoms with Crippen LogP contribution in [0.5, 0.6) is 0 Å². The fraction of sp³-hybridized carbons (Fsp3) is 0.562. The van der Waals surface area contributed by atoms with E-state index < -0.39 is 47.0 Å². The summed E-state index contributed by atoms with van der Waals surface area (Å²) in [5, 5.41) is 6.21. The maximum Gasteiger partial charge on any atom is 0.407 e. The molecule has 0 saturated carbocycles. The van der Waals surface area contributed by atoms with Crippen molar-refractivity contribution in [2.75, 3.05) is 42.5 Å². The lowest BCUT2D eigenvalue weighted by molar-refractivity contribution is 0.00557. The minimum absolute atomic E-state index is 0.0216. The van der Waals surface area contributed by atoms with Crippen molar-refractivity contribution in [2.45, 2.75) is 83.9 Å². The van der Waals surface area contributed by atoms with Gasteiger partial charge in [-0.05, 0) is 64.7 Å². The van der Waals surface area contributed by atoms with Crippen molar-refractivity contribution < 1.29 is 36.4 Å². The Kier molecular flexibility index (Phi) is 9.83. The highest BCUT2D eigenvalue weighted by molar-refractivity contribution is 5.94. The van der Waals surface area contributed by atoms with Crippen LogP contribution in [0.3, 0.4) is 0 Å². The molecular formula is C32H40F4N8O4. The van der Waals surface area contributed by atoms with Crippen molar-refractivity contribution in [3.05, 3.63) is 58.7 Å². The lowest BCUT2D eigenvalue weighted by Gasteiger charge is -2.37. The van der Waals surface area contributed by atoms with Crippen molar-refractivity contribution >= 4 is 24.0 Å². The molecule has 0 aliphatic carbocycles. The van der Waals surface area contributed by atoms with Gasteiger partial charge in [-0.25, -0.2) is 23.5 Å².